The lowest BCUT2D eigenvalue weighted by Gasteiger charge is -2.21. The molecular weight excluding hydrogens is 438 g/mol. The third kappa shape index (κ3) is 5.52. The number of ether oxygens (including phenoxy) is 2. The summed E-state index contributed by atoms with van der Waals surface area (Å²) in [6.45, 7) is 3.11. The van der Waals surface area contributed by atoms with Crippen molar-refractivity contribution in [2.45, 2.75) is 38.5 Å². The normalized spacial score (nSPS) is 20.6. The number of rotatable bonds is 3. The van der Waals surface area contributed by atoms with Crippen LogP contribution in [0.5, 0.6) is 11.5 Å². The number of thioether (sulfide) groups is 1. The fourth-order valence-electron chi connectivity index (χ4n) is 3.43. The van der Waals surface area contributed by atoms with Crippen LogP contribution in [-0.4, -0.2) is 58.3 Å². The number of phenols is 1. The minimum Gasteiger partial charge on any atom is -0.507 e. The number of aliphatic hydroxyl groups is 1. The van der Waals surface area contributed by atoms with Gasteiger partial charge in [0.15, 0.2) is 5.82 Å². The molecule has 10 nitrogen and oxygen atoms in total. The quantitative estimate of drug-likeness (QED) is 0.576. The van der Waals surface area contributed by atoms with Crippen molar-refractivity contribution in [1.29, 1.82) is 0 Å². The lowest BCUT2D eigenvalue weighted by molar-refractivity contribution is -0.122. The number of aliphatic hydroxyl groups excluding tert-OH is 1. The van der Waals surface area contributed by atoms with Gasteiger partial charge in [-0.3, -0.25) is 4.79 Å². The number of carbonyl (C=O) groups is 2. The zero-order valence-electron chi connectivity index (χ0n) is 18.2. The van der Waals surface area contributed by atoms with Crippen LogP contribution in [0.2, 0.25) is 0 Å². The molecule has 3 rings (SSSR count). The van der Waals surface area contributed by atoms with Crippen molar-refractivity contribution in [3.63, 3.8) is 0 Å². The molecule has 3 N–H and O–H groups in total. The first-order valence-corrected chi connectivity index (χ1v) is 11.3. The molecule has 11 heteroatoms. The van der Waals surface area contributed by atoms with E-state index in [0.717, 1.165) is 0 Å². The second kappa shape index (κ2) is 10.7. The molecule has 0 bridgehead atoms. The number of fused-ring (bicyclic) bond motifs is 1. The molecule has 1 aromatic heterocycles. The molecular formula is C21H27N3O7S. The van der Waals surface area contributed by atoms with Crippen LogP contribution < -0.4 is 10.1 Å². The molecule has 1 amide bonds. The highest BCUT2D eigenvalue weighted by Gasteiger charge is 2.27. The van der Waals surface area contributed by atoms with E-state index in [1.807, 2.05) is 0 Å². The van der Waals surface area contributed by atoms with Crippen molar-refractivity contribution in [1.82, 2.24) is 15.5 Å². The Morgan fingerprint density at radius 3 is 2.78 bits per heavy atom. The predicted molar refractivity (Wildman–Crippen MR) is 116 cm³/mol. The monoisotopic (exact) mass is 465 g/mol. The van der Waals surface area contributed by atoms with Gasteiger partial charge in [0.1, 0.15) is 17.5 Å². The molecule has 0 aliphatic carbocycles. The number of hydrogen-bond donors (Lipinski definition) is 3. The maximum absolute atomic E-state index is 12.9. The predicted octanol–water partition coefficient (Wildman–Crippen LogP) is 2.05. The van der Waals surface area contributed by atoms with Gasteiger partial charge in [0.2, 0.25) is 11.8 Å². The number of aryl methyl sites for hydroxylation is 1. The van der Waals surface area contributed by atoms with E-state index in [2.05, 4.69) is 15.5 Å². The molecule has 1 aromatic carbocycles. The molecule has 1 aliphatic heterocycles. The van der Waals surface area contributed by atoms with E-state index in [0.29, 0.717) is 34.9 Å². The summed E-state index contributed by atoms with van der Waals surface area (Å²) < 4.78 is 16.0. The van der Waals surface area contributed by atoms with Crippen LogP contribution in [-0.2, 0) is 15.3 Å². The lowest BCUT2D eigenvalue weighted by Crippen LogP contribution is -2.31. The molecule has 2 aromatic rings. The second-order valence-electron chi connectivity index (χ2n) is 7.58. The minimum atomic E-state index is -0.615. The number of aromatic hydroxyl groups is 1. The Morgan fingerprint density at radius 1 is 1.34 bits per heavy atom. The van der Waals surface area contributed by atoms with E-state index in [1.54, 1.807) is 13.8 Å². The van der Waals surface area contributed by atoms with Crippen molar-refractivity contribution in [2.75, 3.05) is 26.1 Å². The van der Waals surface area contributed by atoms with Gasteiger partial charge in [0.05, 0.1) is 19.3 Å². The molecule has 2 heterocycles. The van der Waals surface area contributed by atoms with Crippen LogP contribution in [0.4, 0.5) is 0 Å². The van der Waals surface area contributed by atoms with E-state index in [9.17, 15) is 19.8 Å². The van der Waals surface area contributed by atoms with Gasteiger partial charge in [-0.1, -0.05) is 5.16 Å². The van der Waals surface area contributed by atoms with Crippen LogP contribution >= 0.6 is 11.8 Å². The molecule has 0 saturated heterocycles. The van der Waals surface area contributed by atoms with Crippen LogP contribution in [0.15, 0.2) is 10.6 Å². The third-order valence-corrected chi connectivity index (χ3v) is 6.30. The SMILES string of the molecule is COc1cc(O)c2c(c1C)C(=O)OC[C@@H](CO)CCC(=O)N[C@H](c1nc(C)no1)CSC2. The molecule has 0 radical (unpaired) electrons. The number of nitrogens with one attached hydrogen (secondary N) is 1. The number of methoxy groups -OCH3 is 1. The second-order valence-corrected chi connectivity index (χ2v) is 8.61. The number of carbonyl (C=O) groups excluding carboxylic acids is 2. The number of amides is 1. The summed E-state index contributed by atoms with van der Waals surface area (Å²) in [5.41, 5.74) is 1.19. The maximum Gasteiger partial charge on any atom is 0.338 e. The van der Waals surface area contributed by atoms with E-state index in [1.165, 1.54) is 24.9 Å². The first-order chi connectivity index (χ1) is 15.3. The topological polar surface area (TPSA) is 144 Å². The molecule has 2 atom stereocenters. The van der Waals surface area contributed by atoms with Crippen molar-refractivity contribution in [3.8, 4) is 11.5 Å². The van der Waals surface area contributed by atoms with Crippen molar-refractivity contribution in [3.05, 3.63) is 34.5 Å². The molecule has 32 heavy (non-hydrogen) atoms. The number of cyclic esters (lactones) is 1. The Balaban J connectivity index is 1.96. The summed E-state index contributed by atoms with van der Waals surface area (Å²) >= 11 is 1.39. The van der Waals surface area contributed by atoms with Gasteiger partial charge in [-0.2, -0.15) is 16.7 Å². The van der Waals surface area contributed by atoms with Gasteiger partial charge < -0.3 is 29.5 Å². The molecule has 0 unspecified atom stereocenters. The minimum absolute atomic E-state index is 0.0567. The highest BCUT2D eigenvalue weighted by molar-refractivity contribution is 7.98. The Bertz CT molecular complexity index is 979. The summed E-state index contributed by atoms with van der Waals surface area (Å²) in [6.07, 6.45) is 0.467. The zero-order chi connectivity index (χ0) is 23.3. The van der Waals surface area contributed by atoms with Crippen molar-refractivity contribution < 1.29 is 33.8 Å². The smallest absolute Gasteiger partial charge is 0.338 e. The van der Waals surface area contributed by atoms with Gasteiger partial charge in [-0.15, -0.1) is 0 Å². The van der Waals surface area contributed by atoms with E-state index < -0.39 is 17.9 Å². The van der Waals surface area contributed by atoms with Crippen molar-refractivity contribution in [2.24, 2.45) is 5.92 Å². The number of nitrogens with zero attached hydrogens (tertiary/aromatic N) is 2. The van der Waals surface area contributed by atoms with E-state index >= 15 is 0 Å². The van der Waals surface area contributed by atoms with Crippen LogP contribution in [0, 0.1) is 19.8 Å². The van der Waals surface area contributed by atoms with Gasteiger partial charge in [0.25, 0.3) is 0 Å². The fraction of sp³-hybridized carbons (Fsp3) is 0.524. The Morgan fingerprint density at radius 2 is 2.12 bits per heavy atom. The van der Waals surface area contributed by atoms with Gasteiger partial charge in [0, 0.05) is 47.6 Å². The van der Waals surface area contributed by atoms with Gasteiger partial charge in [-0.25, -0.2) is 4.79 Å². The van der Waals surface area contributed by atoms with Gasteiger partial charge in [-0.05, 0) is 20.3 Å². The summed E-state index contributed by atoms with van der Waals surface area (Å²) in [5, 5.41) is 26.9. The number of aromatic nitrogens is 2. The maximum atomic E-state index is 12.9. The molecule has 0 fully saturated rings. The third-order valence-electron chi connectivity index (χ3n) is 5.24. The first-order valence-electron chi connectivity index (χ1n) is 10.2. The zero-order valence-corrected chi connectivity index (χ0v) is 19.0. The Labute approximate surface area is 189 Å². The molecule has 1 aliphatic rings. The summed E-state index contributed by atoms with van der Waals surface area (Å²) in [6, 6.07) is 0.920. The number of esters is 1. The lowest BCUT2D eigenvalue weighted by atomic mass is 10.0. The number of benzene rings is 1. The standard InChI is InChI=1S/C21H27N3O7S/c1-11-17(29-3)6-16(26)14-9-32-10-15(20-22-12(2)24-31-20)23-18(27)5-4-13(7-25)8-30-21(28)19(11)14/h6,13,15,25-26H,4-5,7-10H2,1-3H3,(H,23,27)/t13-,15+/m1/s1. The van der Waals surface area contributed by atoms with E-state index in [-0.39, 0.29) is 48.5 Å². The summed E-state index contributed by atoms with van der Waals surface area (Å²) in [5.74, 6) is 0.389. The number of phenolic OH excluding ortho intramolecular Hbond substituents is 1. The number of hydrogen-bond acceptors (Lipinski definition) is 10. The molecule has 174 valence electrons. The van der Waals surface area contributed by atoms with Crippen LogP contribution in [0.1, 0.15) is 52.1 Å². The molecule has 0 saturated carbocycles. The van der Waals surface area contributed by atoms with Crippen molar-refractivity contribution >= 4 is 23.6 Å². The average Bonchev–Trinajstić information content (AvgIpc) is 3.20. The largest absolute Gasteiger partial charge is 0.507 e. The summed E-state index contributed by atoms with van der Waals surface area (Å²) in [7, 11) is 1.46. The van der Waals surface area contributed by atoms with Crippen LogP contribution in [0.3, 0.4) is 0 Å². The average molecular weight is 466 g/mol. The van der Waals surface area contributed by atoms with E-state index in [4.69, 9.17) is 14.0 Å². The summed E-state index contributed by atoms with van der Waals surface area (Å²) in [4.78, 5) is 29.6. The highest BCUT2D eigenvalue weighted by Crippen LogP contribution is 2.36. The van der Waals surface area contributed by atoms with Gasteiger partial charge >= 0.3 is 5.97 Å². The fourth-order valence-corrected chi connectivity index (χ4v) is 4.51. The highest BCUT2D eigenvalue weighted by atomic mass is 32.2. The molecule has 0 spiro atoms. The Hall–Kier alpha value is -2.79. The first kappa shape index (κ1) is 23.9. The Kier molecular flexibility index (Phi) is 7.97. The van der Waals surface area contributed by atoms with Crippen LogP contribution in [0.25, 0.3) is 0 Å².